The van der Waals surface area contributed by atoms with Crippen molar-refractivity contribution < 1.29 is 9.52 Å². The van der Waals surface area contributed by atoms with Gasteiger partial charge in [0.05, 0.1) is 29.0 Å². The number of benzene rings is 1. The Kier molecular flexibility index (Phi) is 3.83. The molecule has 0 bridgehead atoms. The molecule has 2 aromatic heterocycles. The highest BCUT2D eigenvalue weighted by molar-refractivity contribution is 5.76. The van der Waals surface area contributed by atoms with Gasteiger partial charge in [0.1, 0.15) is 11.6 Å². The van der Waals surface area contributed by atoms with E-state index in [0.29, 0.717) is 12.2 Å². The molecule has 0 spiro atoms. The van der Waals surface area contributed by atoms with Crippen LogP contribution in [-0.2, 0) is 0 Å². The van der Waals surface area contributed by atoms with Gasteiger partial charge in [-0.2, -0.15) is 0 Å². The summed E-state index contributed by atoms with van der Waals surface area (Å²) in [5, 5.41) is 12.6. The SMILES string of the molecule is Cc1nc2ccccc2nc1NC(CCO)c1ccco1. The first-order chi connectivity index (χ1) is 10.3. The van der Waals surface area contributed by atoms with E-state index in [0.717, 1.165) is 22.5 Å². The molecule has 0 saturated heterocycles. The van der Waals surface area contributed by atoms with Crippen molar-refractivity contribution in [2.75, 3.05) is 11.9 Å². The molecule has 2 N–H and O–H groups in total. The van der Waals surface area contributed by atoms with E-state index in [2.05, 4.69) is 15.3 Å². The molecule has 0 radical (unpaired) electrons. The molecule has 0 fully saturated rings. The highest BCUT2D eigenvalue weighted by atomic mass is 16.3. The summed E-state index contributed by atoms with van der Waals surface area (Å²) in [4.78, 5) is 9.16. The van der Waals surface area contributed by atoms with Crippen LogP contribution in [0.1, 0.15) is 23.9 Å². The van der Waals surface area contributed by atoms with Gasteiger partial charge in [-0.05, 0) is 37.6 Å². The molecule has 3 aromatic rings. The van der Waals surface area contributed by atoms with Crippen molar-refractivity contribution >= 4 is 16.9 Å². The van der Waals surface area contributed by atoms with Crippen molar-refractivity contribution in [3.8, 4) is 0 Å². The van der Waals surface area contributed by atoms with Crippen molar-refractivity contribution in [2.24, 2.45) is 0 Å². The van der Waals surface area contributed by atoms with Crippen LogP contribution in [0, 0.1) is 6.92 Å². The second-order valence-corrected chi connectivity index (χ2v) is 4.87. The van der Waals surface area contributed by atoms with E-state index < -0.39 is 0 Å². The number of nitrogens with one attached hydrogen (secondary N) is 1. The molecule has 1 unspecified atom stereocenters. The van der Waals surface area contributed by atoms with Gasteiger partial charge in [0.15, 0.2) is 0 Å². The Hall–Kier alpha value is -2.40. The number of aromatic nitrogens is 2. The van der Waals surface area contributed by atoms with E-state index >= 15 is 0 Å². The number of hydrogen-bond acceptors (Lipinski definition) is 5. The maximum Gasteiger partial charge on any atom is 0.148 e. The molecule has 108 valence electrons. The third-order valence-electron chi connectivity index (χ3n) is 3.36. The van der Waals surface area contributed by atoms with Gasteiger partial charge < -0.3 is 14.8 Å². The second kappa shape index (κ2) is 5.93. The van der Waals surface area contributed by atoms with E-state index in [1.807, 2.05) is 43.3 Å². The van der Waals surface area contributed by atoms with Gasteiger partial charge in [-0.25, -0.2) is 9.97 Å². The van der Waals surface area contributed by atoms with Gasteiger partial charge in [-0.3, -0.25) is 0 Å². The van der Waals surface area contributed by atoms with Gasteiger partial charge in [-0.15, -0.1) is 0 Å². The van der Waals surface area contributed by atoms with E-state index in [9.17, 15) is 5.11 Å². The first-order valence-electron chi connectivity index (χ1n) is 6.92. The normalized spacial score (nSPS) is 12.5. The largest absolute Gasteiger partial charge is 0.467 e. The van der Waals surface area contributed by atoms with Crippen LogP contribution in [0.4, 0.5) is 5.82 Å². The van der Waals surface area contributed by atoms with Gasteiger partial charge >= 0.3 is 0 Å². The summed E-state index contributed by atoms with van der Waals surface area (Å²) in [5.41, 5.74) is 2.54. The molecule has 2 heterocycles. The Morgan fingerprint density at radius 3 is 2.57 bits per heavy atom. The van der Waals surface area contributed by atoms with Crippen molar-refractivity contribution in [1.82, 2.24) is 9.97 Å². The summed E-state index contributed by atoms with van der Waals surface area (Å²) >= 11 is 0. The summed E-state index contributed by atoms with van der Waals surface area (Å²) in [7, 11) is 0. The zero-order chi connectivity index (χ0) is 14.7. The topological polar surface area (TPSA) is 71.2 Å². The van der Waals surface area contributed by atoms with E-state index in [1.54, 1.807) is 6.26 Å². The Balaban J connectivity index is 1.93. The molecular weight excluding hydrogens is 266 g/mol. The summed E-state index contributed by atoms with van der Waals surface area (Å²) in [6.07, 6.45) is 2.17. The number of aliphatic hydroxyl groups is 1. The molecule has 1 atom stereocenters. The van der Waals surface area contributed by atoms with Crippen LogP contribution in [0.3, 0.4) is 0 Å². The number of fused-ring (bicyclic) bond motifs is 1. The lowest BCUT2D eigenvalue weighted by Gasteiger charge is -2.17. The molecule has 21 heavy (non-hydrogen) atoms. The van der Waals surface area contributed by atoms with Crippen LogP contribution in [0.2, 0.25) is 0 Å². The number of aliphatic hydroxyl groups excluding tert-OH is 1. The molecule has 1 aromatic carbocycles. The number of rotatable bonds is 5. The van der Waals surface area contributed by atoms with Crippen LogP contribution >= 0.6 is 0 Å². The van der Waals surface area contributed by atoms with Crippen LogP contribution in [0.25, 0.3) is 11.0 Å². The maximum absolute atomic E-state index is 9.24. The average Bonchev–Trinajstić information content (AvgIpc) is 3.01. The molecule has 0 aliphatic heterocycles. The Labute approximate surface area is 122 Å². The summed E-state index contributed by atoms with van der Waals surface area (Å²) in [6, 6.07) is 11.4. The highest BCUT2D eigenvalue weighted by Gasteiger charge is 2.16. The molecule has 0 aliphatic carbocycles. The van der Waals surface area contributed by atoms with Gasteiger partial charge in [0.2, 0.25) is 0 Å². The molecule has 5 heteroatoms. The molecule has 0 saturated carbocycles. The Morgan fingerprint density at radius 2 is 1.90 bits per heavy atom. The zero-order valence-corrected chi connectivity index (χ0v) is 11.8. The van der Waals surface area contributed by atoms with Crippen LogP contribution in [0.15, 0.2) is 47.1 Å². The number of aryl methyl sites for hydroxylation is 1. The first-order valence-corrected chi connectivity index (χ1v) is 6.92. The number of hydrogen-bond donors (Lipinski definition) is 2. The lowest BCUT2D eigenvalue weighted by Crippen LogP contribution is -2.14. The minimum atomic E-state index is -0.126. The summed E-state index contributed by atoms with van der Waals surface area (Å²) < 4.78 is 5.43. The van der Waals surface area contributed by atoms with Crippen molar-refractivity contribution in [3.05, 3.63) is 54.1 Å². The Bertz CT molecular complexity index is 725. The minimum absolute atomic E-state index is 0.0679. The number of anilines is 1. The third kappa shape index (κ3) is 2.87. The van der Waals surface area contributed by atoms with E-state index in [1.165, 1.54) is 0 Å². The van der Waals surface area contributed by atoms with Gasteiger partial charge in [-0.1, -0.05) is 12.1 Å². The highest BCUT2D eigenvalue weighted by Crippen LogP contribution is 2.24. The van der Waals surface area contributed by atoms with Crippen molar-refractivity contribution in [2.45, 2.75) is 19.4 Å². The number of nitrogens with zero attached hydrogens (tertiary/aromatic N) is 2. The average molecular weight is 283 g/mol. The molecule has 3 rings (SSSR count). The summed E-state index contributed by atoms with van der Waals surface area (Å²) in [5.74, 6) is 1.49. The lowest BCUT2D eigenvalue weighted by molar-refractivity contribution is 0.273. The monoisotopic (exact) mass is 283 g/mol. The Morgan fingerprint density at radius 1 is 1.14 bits per heavy atom. The van der Waals surface area contributed by atoms with Crippen molar-refractivity contribution in [1.29, 1.82) is 0 Å². The fraction of sp³-hybridized carbons (Fsp3) is 0.250. The first kappa shape index (κ1) is 13.6. The van der Waals surface area contributed by atoms with Crippen LogP contribution < -0.4 is 5.32 Å². The fourth-order valence-electron chi connectivity index (χ4n) is 2.29. The number of para-hydroxylation sites is 2. The van der Waals surface area contributed by atoms with Gasteiger partial charge in [0.25, 0.3) is 0 Å². The predicted octanol–water partition coefficient (Wildman–Crippen LogP) is 3.07. The van der Waals surface area contributed by atoms with Crippen LogP contribution in [-0.4, -0.2) is 21.7 Å². The maximum atomic E-state index is 9.24. The smallest absolute Gasteiger partial charge is 0.148 e. The summed E-state index contributed by atoms with van der Waals surface area (Å²) in [6.45, 7) is 1.98. The molecule has 5 nitrogen and oxygen atoms in total. The zero-order valence-electron chi connectivity index (χ0n) is 11.8. The fourth-order valence-corrected chi connectivity index (χ4v) is 2.29. The minimum Gasteiger partial charge on any atom is -0.467 e. The second-order valence-electron chi connectivity index (χ2n) is 4.87. The standard InChI is InChI=1S/C16H17N3O2/c1-11-16(18-13-6-3-2-5-12(13)17-11)19-14(8-9-20)15-7-4-10-21-15/h2-7,10,14,20H,8-9H2,1H3,(H,18,19). The van der Waals surface area contributed by atoms with E-state index in [-0.39, 0.29) is 12.6 Å². The lowest BCUT2D eigenvalue weighted by atomic mass is 10.1. The van der Waals surface area contributed by atoms with E-state index in [4.69, 9.17) is 4.42 Å². The van der Waals surface area contributed by atoms with Crippen molar-refractivity contribution in [3.63, 3.8) is 0 Å². The molecule has 0 aliphatic rings. The van der Waals surface area contributed by atoms with Gasteiger partial charge in [0, 0.05) is 6.61 Å². The van der Waals surface area contributed by atoms with Crippen LogP contribution in [0.5, 0.6) is 0 Å². The quantitative estimate of drug-likeness (QED) is 0.753. The predicted molar refractivity (Wildman–Crippen MR) is 81.0 cm³/mol. The molecule has 0 amide bonds. The third-order valence-corrected chi connectivity index (χ3v) is 3.36. The molecular formula is C16H17N3O2. The number of furan rings is 1.